The van der Waals surface area contributed by atoms with Crippen molar-refractivity contribution in [3.05, 3.63) is 29.8 Å². The van der Waals surface area contributed by atoms with Crippen molar-refractivity contribution in [2.75, 3.05) is 11.9 Å². The Balaban J connectivity index is 1.81. The highest BCUT2D eigenvalue weighted by Gasteiger charge is 2.41. The highest BCUT2D eigenvalue weighted by molar-refractivity contribution is 5.95. The molecule has 6 nitrogen and oxygen atoms in total. The molecule has 0 radical (unpaired) electrons. The van der Waals surface area contributed by atoms with Gasteiger partial charge in [-0.3, -0.25) is 14.4 Å². The van der Waals surface area contributed by atoms with Gasteiger partial charge in [0.25, 0.3) is 0 Å². The number of amides is 2. The number of rotatable bonds is 5. The molecule has 0 saturated heterocycles. The lowest BCUT2D eigenvalue weighted by molar-refractivity contribution is -0.152. The molecule has 0 bridgehead atoms. The molecule has 1 aromatic carbocycles. The number of carboxylic acid groups (broad SMARTS) is 1. The van der Waals surface area contributed by atoms with E-state index in [-0.39, 0.29) is 6.54 Å². The zero-order valence-electron chi connectivity index (χ0n) is 11.8. The molecule has 2 atom stereocenters. The zero-order valence-corrected chi connectivity index (χ0v) is 11.8. The van der Waals surface area contributed by atoms with Gasteiger partial charge in [0.1, 0.15) is 0 Å². The summed E-state index contributed by atoms with van der Waals surface area (Å²) in [5.41, 5.74) is 1.18. The van der Waals surface area contributed by atoms with E-state index in [0.717, 1.165) is 0 Å². The van der Waals surface area contributed by atoms with Gasteiger partial charge in [0.15, 0.2) is 0 Å². The lowest BCUT2D eigenvalue weighted by Crippen LogP contribution is -2.45. The summed E-state index contributed by atoms with van der Waals surface area (Å²) in [4.78, 5) is 34.4. The summed E-state index contributed by atoms with van der Waals surface area (Å²) in [7, 11) is 0. The number of carbonyl (C=O) groups is 3. The SMILES string of the molecule is C#Cc1cccc(NC(=O)CNC(=O)C2CCC2C(=O)O)c1. The van der Waals surface area contributed by atoms with Gasteiger partial charge in [-0.25, -0.2) is 0 Å². The molecule has 1 fully saturated rings. The Labute approximate surface area is 127 Å². The monoisotopic (exact) mass is 300 g/mol. The van der Waals surface area contributed by atoms with Crippen LogP contribution in [0.2, 0.25) is 0 Å². The Bertz CT molecular complexity index is 648. The van der Waals surface area contributed by atoms with Crippen LogP contribution in [0.5, 0.6) is 0 Å². The molecule has 114 valence electrons. The number of hydrogen-bond donors (Lipinski definition) is 3. The third kappa shape index (κ3) is 3.64. The van der Waals surface area contributed by atoms with Crippen LogP contribution >= 0.6 is 0 Å². The molecular weight excluding hydrogens is 284 g/mol. The van der Waals surface area contributed by atoms with Crippen molar-refractivity contribution in [2.24, 2.45) is 11.8 Å². The van der Waals surface area contributed by atoms with Gasteiger partial charge in [0, 0.05) is 11.3 Å². The topological polar surface area (TPSA) is 95.5 Å². The molecule has 1 saturated carbocycles. The van der Waals surface area contributed by atoms with E-state index in [4.69, 9.17) is 11.5 Å². The minimum absolute atomic E-state index is 0.206. The average Bonchev–Trinajstić information content (AvgIpc) is 2.43. The molecule has 0 aliphatic heterocycles. The largest absolute Gasteiger partial charge is 0.481 e. The van der Waals surface area contributed by atoms with E-state index in [0.29, 0.717) is 24.1 Å². The molecule has 1 aliphatic carbocycles. The first-order valence-electron chi connectivity index (χ1n) is 6.88. The molecule has 6 heteroatoms. The summed E-state index contributed by atoms with van der Waals surface area (Å²) >= 11 is 0. The van der Waals surface area contributed by atoms with Crippen LogP contribution in [0.25, 0.3) is 0 Å². The molecule has 1 aromatic rings. The van der Waals surface area contributed by atoms with Crippen LogP contribution in [0.1, 0.15) is 18.4 Å². The molecule has 2 amide bonds. The fraction of sp³-hybridized carbons (Fsp3) is 0.312. The number of aliphatic carboxylic acids is 1. The molecular formula is C16H16N2O4. The summed E-state index contributed by atoms with van der Waals surface area (Å²) in [6.07, 6.45) is 6.31. The van der Waals surface area contributed by atoms with Gasteiger partial charge >= 0.3 is 5.97 Å². The van der Waals surface area contributed by atoms with Crippen LogP contribution in [0, 0.1) is 24.2 Å². The first kappa shape index (κ1) is 15.6. The van der Waals surface area contributed by atoms with E-state index in [9.17, 15) is 14.4 Å². The summed E-state index contributed by atoms with van der Waals surface area (Å²) in [6, 6.07) is 6.79. The van der Waals surface area contributed by atoms with E-state index in [1.165, 1.54) is 0 Å². The Kier molecular flexibility index (Phi) is 4.79. The standard InChI is InChI=1S/C16H16N2O4/c1-2-10-4-3-5-11(8-10)18-14(19)9-17-15(20)12-6-7-13(12)16(21)22/h1,3-5,8,12-13H,6-7,9H2,(H,17,20)(H,18,19)(H,21,22). The maximum absolute atomic E-state index is 11.8. The first-order chi connectivity index (χ1) is 10.5. The molecule has 0 spiro atoms. The van der Waals surface area contributed by atoms with Crippen molar-refractivity contribution in [1.82, 2.24) is 5.32 Å². The smallest absolute Gasteiger partial charge is 0.307 e. The molecule has 3 N–H and O–H groups in total. The van der Waals surface area contributed by atoms with Gasteiger partial charge in [-0.05, 0) is 31.0 Å². The number of hydrogen-bond acceptors (Lipinski definition) is 3. The summed E-state index contributed by atoms with van der Waals surface area (Å²) in [5.74, 6) is -0.492. The molecule has 1 aliphatic rings. The second kappa shape index (κ2) is 6.76. The van der Waals surface area contributed by atoms with E-state index in [1.54, 1.807) is 24.3 Å². The molecule has 0 heterocycles. The Morgan fingerprint density at radius 1 is 1.27 bits per heavy atom. The van der Waals surface area contributed by atoms with Crippen LogP contribution in [0.3, 0.4) is 0 Å². The Morgan fingerprint density at radius 3 is 2.59 bits per heavy atom. The second-order valence-electron chi connectivity index (χ2n) is 5.12. The first-order valence-corrected chi connectivity index (χ1v) is 6.88. The van der Waals surface area contributed by atoms with Crippen LogP contribution in [-0.2, 0) is 14.4 Å². The second-order valence-corrected chi connectivity index (χ2v) is 5.12. The van der Waals surface area contributed by atoms with E-state index in [2.05, 4.69) is 16.6 Å². The molecule has 0 aromatic heterocycles. The van der Waals surface area contributed by atoms with Crippen LogP contribution in [0.15, 0.2) is 24.3 Å². The van der Waals surface area contributed by atoms with Gasteiger partial charge in [-0.15, -0.1) is 6.42 Å². The zero-order chi connectivity index (χ0) is 16.1. The maximum atomic E-state index is 11.8. The Hall–Kier alpha value is -2.81. The predicted molar refractivity (Wildman–Crippen MR) is 79.9 cm³/mol. The number of benzene rings is 1. The van der Waals surface area contributed by atoms with Crippen LogP contribution in [-0.4, -0.2) is 29.4 Å². The van der Waals surface area contributed by atoms with Gasteiger partial charge < -0.3 is 15.7 Å². The fourth-order valence-electron chi connectivity index (χ4n) is 2.30. The molecule has 2 rings (SSSR count). The third-order valence-corrected chi connectivity index (χ3v) is 3.66. The number of carboxylic acids is 1. The maximum Gasteiger partial charge on any atom is 0.307 e. The summed E-state index contributed by atoms with van der Waals surface area (Å²) in [6.45, 7) is -0.206. The predicted octanol–water partition coefficient (Wildman–Crippen LogP) is 0.833. The van der Waals surface area contributed by atoms with Crippen molar-refractivity contribution in [3.63, 3.8) is 0 Å². The van der Waals surface area contributed by atoms with Gasteiger partial charge in [0.2, 0.25) is 11.8 Å². The van der Waals surface area contributed by atoms with Gasteiger partial charge in [-0.2, -0.15) is 0 Å². The molecule has 22 heavy (non-hydrogen) atoms. The number of carbonyl (C=O) groups excluding carboxylic acids is 2. The average molecular weight is 300 g/mol. The number of anilines is 1. The minimum atomic E-state index is -0.970. The molecule has 2 unspecified atom stereocenters. The van der Waals surface area contributed by atoms with Gasteiger partial charge in [-0.1, -0.05) is 12.0 Å². The normalized spacial score (nSPS) is 19.4. The van der Waals surface area contributed by atoms with Crippen molar-refractivity contribution in [1.29, 1.82) is 0 Å². The van der Waals surface area contributed by atoms with Crippen molar-refractivity contribution in [3.8, 4) is 12.3 Å². The van der Waals surface area contributed by atoms with Crippen LogP contribution < -0.4 is 10.6 Å². The third-order valence-electron chi connectivity index (χ3n) is 3.66. The van der Waals surface area contributed by atoms with Crippen LogP contribution in [0.4, 0.5) is 5.69 Å². The Morgan fingerprint density at radius 2 is 2.00 bits per heavy atom. The summed E-state index contributed by atoms with van der Waals surface area (Å²) in [5, 5.41) is 14.0. The van der Waals surface area contributed by atoms with E-state index < -0.39 is 29.6 Å². The number of terminal acetylenes is 1. The van der Waals surface area contributed by atoms with E-state index >= 15 is 0 Å². The highest BCUT2D eigenvalue weighted by Crippen LogP contribution is 2.34. The lowest BCUT2D eigenvalue weighted by Gasteiger charge is -2.31. The summed E-state index contributed by atoms with van der Waals surface area (Å²) < 4.78 is 0. The number of nitrogens with one attached hydrogen (secondary N) is 2. The van der Waals surface area contributed by atoms with E-state index in [1.807, 2.05) is 0 Å². The lowest BCUT2D eigenvalue weighted by atomic mass is 9.73. The fourth-order valence-corrected chi connectivity index (χ4v) is 2.30. The quantitative estimate of drug-likeness (QED) is 0.702. The van der Waals surface area contributed by atoms with Crippen molar-refractivity contribution < 1.29 is 19.5 Å². The van der Waals surface area contributed by atoms with Gasteiger partial charge in [0.05, 0.1) is 18.4 Å². The minimum Gasteiger partial charge on any atom is -0.481 e. The van der Waals surface area contributed by atoms with Crippen molar-refractivity contribution >= 4 is 23.5 Å². The highest BCUT2D eigenvalue weighted by atomic mass is 16.4. The van der Waals surface area contributed by atoms with Crippen molar-refractivity contribution in [2.45, 2.75) is 12.8 Å².